The highest BCUT2D eigenvalue weighted by Gasteiger charge is 2.31. The Balaban J connectivity index is 0.000000409. The molecule has 0 spiro atoms. The highest BCUT2D eigenvalue weighted by Crippen LogP contribution is 2.45. The fraction of sp³-hybridized carbons (Fsp3) is 0.487. The Morgan fingerprint density at radius 1 is 0.956 bits per heavy atom. The van der Waals surface area contributed by atoms with Gasteiger partial charge in [-0.25, -0.2) is 0 Å². The van der Waals surface area contributed by atoms with Gasteiger partial charge < -0.3 is 14.7 Å². The Morgan fingerprint density at radius 3 is 2.20 bits per heavy atom. The third-order valence-corrected chi connectivity index (χ3v) is 9.20. The molecule has 6 heteroatoms. The SMILES string of the molecule is C#C.CC.CCCCC1(CCCC)CCc2cc(N(C)C)ccc2SC1.O=C(O)CCc1cccc(COc2ccccc2)n1. The van der Waals surface area contributed by atoms with Crippen molar-refractivity contribution < 1.29 is 14.6 Å². The summed E-state index contributed by atoms with van der Waals surface area (Å²) >= 11 is 2.12. The Hall–Kier alpha value is -3.43. The number of unbranched alkanes of at least 4 members (excludes halogenated alkanes) is 2. The predicted molar refractivity (Wildman–Crippen MR) is 194 cm³/mol. The maximum atomic E-state index is 10.5. The van der Waals surface area contributed by atoms with E-state index in [0.717, 1.165) is 17.1 Å². The number of hydrogen-bond donors (Lipinski definition) is 1. The fourth-order valence-electron chi connectivity index (χ4n) is 5.16. The number of nitrogens with zero attached hydrogens (tertiary/aromatic N) is 2. The molecule has 45 heavy (non-hydrogen) atoms. The number of aryl methyl sites for hydroxylation is 2. The van der Waals surface area contributed by atoms with Crippen LogP contribution in [0.4, 0.5) is 5.69 Å². The van der Waals surface area contributed by atoms with Crippen molar-refractivity contribution in [2.75, 3.05) is 24.7 Å². The maximum absolute atomic E-state index is 10.5. The zero-order valence-corrected chi connectivity index (χ0v) is 29.4. The fourth-order valence-corrected chi connectivity index (χ4v) is 6.57. The lowest BCUT2D eigenvalue weighted by atomic mass is 9.75. The number of terminal acetylenes is 1. The number of anilines is 1. The van der Waals surface area contributed by atoms with Crippen molar-refractivity contribution in [2.24, 2.45) is 5.41 Å². The second-order valence-corrected chi connectivity index (χ2v) is 12.3. The number of aromatic nitrogens is 1. The van der Waals surface area contributed by atoms with Crippen LogP contribution in [-0.2, 0) is 24.2 Å². The van der Waals surface area contributed by atoms with Gasteiger partial charge >= 0.3 is 5.97 Å². The first-order valence-electron chi connectivity index (χ1n) is 16.4. The van der Waals surface area contributed by atoms with Crippen molar-refractivity contribution in [3.05, 3.63) is 83.7 Å². The van der Waals surface area contributed by atoms with Crippen LogP contribution < -0.4 is 9.64 Å². The number of ether oxygens (including phenoxy) is 1. The van der Waals surface area contributed by atoms with Gasteiger partial charge in [-0.3, -0.25) is 9.78 Å². The Morgan fingerprint density at radius 2 is 1.60 bits per heavy atom. The van der Waals surface area contributed by atoms with Gasteiger partial charge in [0.25, 0.3) is 0 Å². The van der Waals surface area contributed by atoms with Gasteiger partial charge in [0.2, 0.25) is 0 Å². The maximum Gasteiger partial charge on any atom is 0.303 e. The van der Waals surface area contributed by atoms with Crippen LogP contribution in [0.1, 0.15) is 96.0 Å². The molecule has 1 aliphatic heterocycles. The average Bonchev–Trinajstić information content (AvgIpc) is 3.27. The van der Waals surface area contributed by atoms with Crippen molar-refractivity contribution in [1.82, 2.24) is 4.98 Å². The zero-order valence-electron chi connectivity index (χ0n) is 28.6. The minimum Gasteiger partial charge on any atom is -0.487 e. The van der Waals surface area contributed by atoms with Crippen LogP contribution >= 0.6 is 11.8 Å². The third kappa shape index (κ3) is 14.9. The first-order valence-corrected chi connectivity index (χ1v) is 17.4. The lowest BCUT2D eigenvalue weighted by molar-refractivity contribution is -0.136. The average molecular weight is 633 g/mol. The molecule has 0 amide bonds. The summed E-state index contributed by atoms with van der Waals surface area (Å²) in [6, 6.07) is 22.1. The first kappa shape index (κ1) is 39.6. The van der Waals surface area contributed by atoms with Gasteiger partial charge in [0.1, 0.15) is 12.4 Å². The van der Waals surface area contributed by atoms with Gasteiger partial charge in [-0.05, 0) is 79.1 Å². The number of aliphatic carboxylic acids is 1. The summed E-state index contributed by atoms with van der Waals surface area (Å²) < 4.78 is 5.59. The lowest BCUT2D eigenvalue weighted by Crippen LogP contribution is -2.24. The van der Waals surface area contributed by atoms with Gasteiger partial charge in [-0.15, -0.1) is 24.6 Å². The highest BCUT2D eigenvalue weighted by atomic mass is 32.2. The Labute approximate surface area is 278 Å². The number of carboxylic acids is 1. The standard InChI is InChI=1S/C20H33NS.C15H15NO3.C2H6.C2H2/c1-5-7-12-20(13-8-6-2)14-11-17-15-18(21(3)4)9-10-19(17)22-16-20;17-15(18)10-9-12-5-4-6-13(16-12)11-19-14-7-2-1-3-8-14;2*1-2/h9-10,15H,5-8,11-14,16H2,1-4H3;1-8H,9-11H2,(H,17,18);1-2H3;1-2H. The predicted octanol–water partition coefficient (Wildman–Crippen LogP) is 10.1. The molecular formula is C39H56N2O3S. The van der Waals surface area contributed by atoms with E-state index in [1.807, 2.05) is 62.4 Å². The summed E-state index contributed by atoms with van der Waals surface area (Å²) in [5.74, 6) is 1.30. The van der Waals surface area contributed by atoms with E-state index in [-0.39, 0.29) is 6.42 Å². The van der Waals surface area contributed by atoms with Crippen molar-refractivity contribution in [2.45, 2.75) is 103 Å². The van der Waals surface area contributed by atoms with Gasteiger partial charge in [0.05, 0.1) is 12.1 Å². The quantitative estimate of drug-likeness (QED) is 0.189. The van der Waals surface area contributed by atoms with Crippen LogP contribution in [0.25, 0.3) is 0 Å². The molecule has 2 heterocycles. The topological polar surface area (TPSA) is 62.7 Å². The van der Waals surface area contributed by atoms with Crippen molar-refractivity contribution >= 4 is 23.4 Å². The molecule has 0 saturated heterocycles. The number of para-hydroxylation sites is 1. The van der Waals surface area contributed by atoms with E-state index in [0.29, 0.717) is 18.4 Å². The molecular weight excluding hydrogens is 577 g/mol. The van der Waals surface area contributed by atoms with E-state index in [9.17, 15) is 4.79 Å². The number of thioether (sulfide) groups is 1. The highest BCUT2D eigenvalue weighted by molar-refractivity contribution is 7.99. The number of benzene rings is 2. The second-order valence-electron chi connectivity index (χ2n) is 11.3. The van der Waals surface area contributed by atoms with Crippen LogP contribution in [0.2, 0.25) is 0 Å². The van der Waals surface area contributed by atoms with Gasteiger partial charge in [-0.1, -0.05) is 77.6 Å². The minimum absolute atomic E-state index is 0.0932. The Bertz CT molecular complexity index is 1240. The normalized spacial score (nSPS) is 12.7. The molecule has 1 N–H and O–H groups in total. The van der Waals surface area contributed by atoms with E-state index < -0.39 is 5.97 Å². The molecule has 0 atom stereocenters. The summed E-state index contributed by atoms with van der Waals surface area (Å²) in [7, 11) is 4.27. The van der Waals surface area contributed by atoms with Crippen LogP contribution in [-0.4, -0.2) is 35.9 Å². The van der Waals surface area contributed by atoms with E-state index >= 15 is 0 Å². The molecule has 3 aromatic rings. The number of fused-ring (bicyclic) bond motifs is 1. The van der Waals surface area contributed by atoms with Crippen LogP contribution in [0.3, 0.4) is 0 Å². The van der Waals surface area contributed by atoms with Gasteiger partial charge in [0.15, 0.2) is 0 Å². The summed E-state index contributed by atoms with van der Waals surface area (Å²) in [5.41, 5.74) is 5.07. The molecule has 0 bridgehead atoms. The van der Waals surface area contributed by atoms with Crippen molar-refractivity contribution in [1.29, 1.82) is 0 Å². The number of pyridine rings is 1. The third-order valence-electron chi connectivity index (χ3n) is 7.73. The Kier molecular flexibility index (Phi) is 20.2. The number of rotatable bonds is 13. The second kappa shape index (κ2) is 23.0. The van der Waals surface area contributed by atoms with Gasteiger partial charge in [-0.2, -0.15) is 0 Å². The lowest BCUT2D eigenvalue weighted by Gasteiger charge is -2.32. The molecule has 0 aliphatic carbocycles. The van der Waals surface area contributed by atoms with Crippen LogP contribution in [0.5, 0.6) is 5.75 Å². The summed E-state index contributed by atoms with van der Waals surface area (Å²) in [6.07, 6.45) is 19.5. The molecule has 4 rings (SSSR count). The summed E-state index contributed by atoms with van der Waals surface area (Å²) in [6.45, 7) is 9.04. The molecule has 0 fully saturated rings. The van der Waals surface area contributed by atoms with E-state index in [2.05, 4.69) is 80.6 Å². The molecule has 246 valence electrons. The molecule has 0 unspecified atom stereocenters. The van der Waals surface area contributed by atoms with E-state index in [1.54, 1.807) is 5.56 Å². The minimum atomic E-state index is -0.812. The molecule has 2 aromatic carbocycles. The molecule has 0 saturated carbocycles. The molecule has 1 aromatic heterocycles. The largest absolute Gasteiger partial charge is 0.487 e. The monoisotopic (exact) mass is 632 g/mol. The first-order chi connectivity index (χ1) is 21.8. The number of carbonyl (C=O) groups is 1. The van der Waals surface area contributed by atoms with Crippen molar-refractivity contribution in [3.8, 4) is 18.6 Å². The molecule has 5 nitrogen and oxygen atoms in total. The summed E-state index contributed by atoms with van der Waals surface area (Å²) in [4.78, 5) is 18.6. The smallest absolute Gasteiger partial charge is 0.303 e. The van der Waals surface area contributed by atoms with E-state index in [1.165, 1.54) is 67.7 Å². The molecule has 0 radical (unpaired) electrons. The molecule has 1 aliphatic rings. The van der Waals surface area contributed by atoms with Crippen LogP contribution in [0.15, 0.2) is 71.6 Å². The van der Waals surface area contributed by atoms with Crippen molar-refractivity contribution in [3.63, 3.8) is 0 Å². The van der Waals surface area contributed by atoms with Gasteiger partial charge in [0, 0.05) is 42.5 Å². The zero-order chi connectivity index (χ0) is 33.5. The van der Waals surface area contributed by atoms with Crippen LogP contribution in [0, 0.1) is 18.3 Å². The summed E-state index contributed by atoms with van der Waals surface area (Å²) in [5, 5.41) is 8.64. The number of hydrogen-bond acceptors (Lipinski definition) is 5. The number of carboxylic acid groups (broad SMARTS) is 1. The van der Waals surface area contributed by atoms with E-state index in [4.69, 9.17) is 9.84 Å².